The number of likely N-dealkylation sites (N-methyl/N-ethyl adjacent to an activating group) is 1. The van der Waals surface area contributed by atoms with Crippen molar-refractivity contribution in [3.63, 3.8) is 0 Å². The van der Waals surface area contributed by atoms with Gasteiger partial charge in [-0.05, 0) is 49.4 Å². The van der Waals surface area contributed by atoms with Crippen LogP contribution in [0.4, 0.5) is 0 Å². The Kier molecular flexibility index (Phi) is 6.03. The van der Waals surface area contributed by atoms with Crippen molar-refractivity contribution >= 4 is 0 Å². The van der Waals surface area contributed by atoms with Crippen LogP contribution < -0.4 is 10.1 Å². The second kappa shape index (κ2) is 7.78. The van der Waals surface area contributed by atoms with Crippen LogP contribution in [-0.2, 0) is 11.2 Å². The molecule has 0 amide bonds. The van der Waals surface area contributed by atoms with Crippen molar-refractivity contribution in [3.05, 3.63) is 29.8 Å². The summed E-state index contributed by atoms with van der Waals surface area (Å²) < 4.78 is 11.0. The monoisotopic (exact) mass is 293 g/mol. The SMILES string of the molecule is CCNC(CO)(COc1ccc(CCOC)cc1)C1CC1. The minimum absolute atomic E-state index is 0.122. The summed E-state index contributed by atoms with van der Waals surface area (Å²) >= 11 is 0. The van der Waals surface area contributed by atoms with Gasteiger partial charge in [-0.15, -0.1) is 0 Å². The van der Waals surface area contributed by atoms with Crippen LogP contribution in [0.5, 0.6) is 5.75 Å². The molecule has 21 heavy (non-hydrogen) atoms. The standard InChI is InChI=1S/C17H27NO3/c1-3-18-17(12-19,15-6-7-15)13-21-16-8-4-14(5-9-16)10-11-20-2/h4-5,8-9,15,18-19H,3,6-7,10-13H2,1-2H3. The molecule has 0 heterocycles. The summed E-state index contributed by atoms with van der Waals surface area (Å²) in [5.74, 6) is 1.39. The van der Waals surface area contributed by atoms with Crippen LogP contribution in [0.25, 0.3) is 0 Å². The Hall–Kier alpha value is -1.10. The van der Waals surface area contributed by atoms with Crippen LogP contribution in [0.15, 0.2) is 24.3 Å². The van der Waals surface area contributed by atoms with E-state index >= 15 is 0 Å². The number of hydrogen-bond acceptors (Lipinski definition) is 4. The van der Waals surface area contributed by atoms with E-state index in [1.165, 1.54) is 18.4 Å². The summed E-state index contributed by atoms with van der Waals surface area (Å²) in [4.78, 5) is 0. The zero-order chi connectivity index (χ0) is 15.1. The number of hydrogen-bond donors (Lipinski definition) is 2. The van der Waals surface area contributed by atoms with Crippen LogP contribution in [0.2, 0.25) is 0 Å². The smallest absolute Gasteiger partial charge is 0.119 e. The van der Waals surface area contributed by atoms with E-state index in [4.69, 9.17) is 9.47 Å². The fourth-order valence-electron chi connectivity index (χ4n) is 2.72. The van der Waals surface area contributed by atoms with Crippen LogP contribution in [0, 0.1) is 5.92 Å². The van der Waals surface area contributed by atoms with Crippen molar-refractivity contribution in [2.45, 2.75) is 31.7 Å². The summed E-state index contributed by atoms with van der Waals surface area (Å²) in [6.45, 7) is 4.28. The minimum Gasteiger partial charge on any atom is -0.492 e. The third kappa shape index (κ3) is 4.43. The molecule has 1 atom stereocenters. The van der Waals surface area contributed by atoms with Crippen LogP contribution in [-0.4, -0.2) is 44.1 Å². The molecule has 1 saturated carbocycles. The maximum Gasteiger partial charge on any atom is 0.119 e. The summed E-state index contributed by atoms with van der Waals surface area (Å²) in [6, 6.07) is 8.12. The molecule has 2 rings (SSSR count). The van der Waals surface area contributed by atoms with Gasteiger partial charge in [0.25, 0.3) is 0 Å². The molecule has 118 valence electrons. The second-order valence-corrected chi connectivity index (χ2v) is 5.79. The predicted octanol–water partition coefficient (Wildman–Crippen LogP) is 2.00. The Morgan fingerprint density at radius 1 is 1.29 bits per heavy atom. The fourth-order valence-corrected chi connectivity index (χ4v) is 2.72. The normalized spacial score (nSPS) is 17.5. The van der Waals surface area contributed by atoms with Crippen molar-refractivity contribution in [1.29, 1.82) is 0 Å². The lowest BCUT2D eigenvalue weighted by Gasteiger charge is -2.32. The van der Waals surface area contributed by atoms with Crippen LogP contribution >= 0.6 is 0 Å². The molecule has 1 aromatic rings. The van der Waals surface area contributed by atoms with Gasteiger partial charge in [-0.2, -0.15) is 0 Å². The topological polar surface area (TPSA) is 50.7 Å². The van der Waals surface area contributed by atoms with E-state index in [0.29, 0.717) is 12.5 Å². The van der Waals surface area contributed by atoms with Gasteiger partial charge >= 0.3 is 0 Å². The molecular formula is C17H27NO3. The molecule has 0 saturated heterocycles. The Morgan fingerprint density at radius 2 is 2.00 bits per heavy atom. The average molecular weight is 293 g/mol. The Morgan fingerprint density at radius 3 is 2.52 bits per heavy atom. The number of nitrogens with one attached hydrogen (secondary N) is 1. The Bertz CT molecular complexity index is 417. The van der Waals surface area contributed by atoms with E-state index in [1.54, 1.807) is 7.11 Å². The highest BCUT2D eigenvalue weighted by molar-refractivity contribution is 5.27. The predicted molar refractivity (Wildman–Crippen MR) is 83.7 cm³/mol. The van der Waals surface area contributed by atoms with Gasteiger partial charge in [-0.3, -0.25) is 0 Å². The Balaban J connectivity index is 1.91. The van der Waals surface area contributed by atoms with Crippen LogP contribution in [0.3, 0.4) is 0 Å². The number of ether oxygens (including phenoxy) is 2. The molecule has 4 heteroatoms. The molecule has 1 aliphatic carbocycles. The van der Waals surface area contributed by atoms with Crippen molar-refractivity contribution in [1.82, 2.24) is 5.32 Å². The lowest BCUT2D eigenvalue weighted by molar-refractivity contribution is 0.0864. The van der Waals surface area contributed by atoms with Gasteiger partial charge in [0.1, 0.15) is 12.4 Å². The van der Waals surface area contributed by atoms with Gasteiger partial charge < -0.3 is 19.9 Å². The van der Waals surface area contributed by atoms with Crippen LogP contribution in [0.1, 0.15) is 25.3 Å². The maximum atomic E-state index is 9.78. The Labute approximate surface area is 127 Å². The molecule has 1 aromatic carbocycles. The highest BCUT2D eigenvalue weighted by Gasteiger charge is 2.45. The molecular weight excluding hydrogens is 266 g/mol. The van der Waals surface area contributed by atoms with Gasteiger partial charge in [0.2, 0.25) is 0 Å². The van der Waals surface area contributed by atoms with E-state index in [-0.39, 0.29) is 12.1 Å². The number of rotatable bonds is 10. The third-order valence-electron chi connectivity index (χ3n) is 4.18. The first-order valence-corrected chi connectivity index (χ1v) is 7.80. The highest BCUT2D eigenvalue weighted by atomic mass is 16.5. The molecule has 0 aromatic heterocycles. The fraction of sp³-hybridized carbons (Fsp3) is 0.647. The summed E-state index contributed by atoms with van der Waals surface area (Å²) in [5.41, 5.74) is 0.954. The van der Waals surface area contributed by atoms with Crippen molar-refractivity contribution in [3.8, 4) is 5.75 Å². The number of methoxy groups -OCH3 is 1. The maximum absolute atomic E-state index is 9.78. The van der Waals surface area contributed by atoms with Gasteiger partial charge in [-0.25, -0.2) is 0 Å². The van der Waals surface area contributed by atoms with E-state index < -0.39 is 0 Å². The molecule has 1 unspecified atom stereocenters. The van der Waals surface area contributed by atoms with Gasteiger partial charge in [0, 0.05) is 7.11 Å². The number of aliphatic hydroxyl groups is 1. The first kappa shape index (κ1) is 16.3. The lowest BCUT2D eigenvalue weighted by Crippen LogP contribution is -2.55. The second-order valence-electron chi connectivity index (χ2n) is 5.79. The third-order valence-corrected chi connectivity index (χ3v) is 4.18. The molecule has 4 nitrogen and oxygen atoms in total. The quantitative estimate of drug-likeness (QED) is 0.693. The van der Waals surface area contributed by atoms with Gasteiger partial charge in [0.15, 0.2) is 0 Å². The number of aliphatic hydroxyl groups excluding tert-OH is 1. The highest BCUT2D eigenvalue weighted by Crippen LogP contribution is 2.39. The molecule has 2 N–H and O–H groups in total. The first-order valence-electron chi connectivity index (χ1n) is 7.80. The van der Waals surface area contributed by atoms with E-state index in [0.717, 1.165) is 25.3 Å². The molecule has 1 fully saturated rings. The minimum atomic E-state index is -0.288. The summed E-state index contributed by atoms with van der Waals surface area (Å²) in [7, 11) is 1.71. The molecule has 0 radical (unpaired) electrons. The molecule has 0 bridgehead atoms. The van der Waals surface area contributed by atoms with Crippen molar-refractivity contribution in [2.24, 2.45) is 5.92 Å². The molecule has 0 spiro atoms. The summed E-state index contributed by atoms with van der Waals surface area (Å²) in [6.07, 6.45) is 3.26. The lowest BCUT2D eigenvalue weighted by atomic mass is 9.95. The van der Waals surface area contributed by atoms with Gasteiger partial charge in [0.05, 0.1) is 18.8 Å². The van der Waals surface area contributed by atoms with E-state index in [2.05, 4.69) is 24.4 Å². The van der Waals surface area contributed by atoms with Crippen molar-refractivity contribution in [2.75, 3.05) is 33.5 Å². The number of benzene rings is 1. The molecule has 0 aliphatic heterocycles. The first-order chi connectivity index (χ1) is 10.2. The zero-order valence-corrected chi connectivity index (χ0v) is 13.1. The van der Waals surface area contributed by atoms with Crippen molar-refractivity contribution < 1.29 is 14.6 Å². The average Bonchev–Trinajstić information content (AvgIpc) is 3.36. The largest absolute Gasteiger partial charge is 0.492 e. The summed E-state index contributed by atoms with van der Waals surface area (Å²) in [5, 5.41) is 13.2. The molecule has 1 aliphatic rings. The van der Waals surface area contributed by atoms with E-state index in [9.17, 15) is 5.11 Å². The van der Waals surface area contributed by atoms with E-state index in [1.807, 2.05) is 12.1 Å². The van der Waals surface area contributed by atoms with Gasteiger partial charge in [-0.1, -0.05) is 19.1 Å². The zero-order valence-electron chi connectivity index (χ0n) is 13.1.